The first-order valence-electron chi connectivity index (χ1n) is 7.51. The molecule has 0 amide bonds. The Balaban J connectivity index is 1.64. The van der Waals surface area contributed by atoms with E-state index in [1.54, 1.807) is 0 Å². The van der Waals surface area contributed by atoms with Crippen LogP contribution in [-0.4, -0.2) is 5.97 Å². The summed E-state index contributed by atoms with van der Waals surface area (Å²) in [5, 5.41) is 2.27. The normalized spacial score (nSPS) is 16.2. The van der Waals surface area contributed by atoms with Crippen LogP contribution in [0, 0.1) is 5.92 Å². The van der Waals surface area contributed by atoms with Crippen molar-refractivity contribution in [2.45, 2.75) is 38.5 Å². The Morgan fingerprint density at radius 1 is 1.00 bits per heavy atom. The summed E-state index contributed by atoms with van der Waals surface area (Å²) in [5.74, 6) is 1.09. The third kappa shape index (κ3) is 3.19. The van der Waals surface area contributed by atoms with Gasteiger partial charge in [0.05, 0.1) is 0 Å². The molecular weight excluding hydrogens is 248 g/mol. The van der Waals surface area contributed by atoms with Crippen LogP contribution in [0.1, 0.15) is 38.5 Å². The van der Waals surface area contributed by atoms with Crippen LogP contribution in [0.4, 0.5) is 0 Å². The molecular formula is C18H20O2. The molecule has 2 aromatic carbocycles. The molecule has 20 heavy (non-hydrogen) atoms. The number of carbonyl (C=O) groups excluding carboxylic acids is 1. The van der Waals surface area contributed by atoms with Gasteiger partial charge >= 0.3 is 5.97 Å². The molecule has 0 bridgehead atoms. The zero-order valence-corrected chi connectivity index (χ0v) is 11.7. The van der Waals surface area contributed by atoms with Crippen LogP contribution in [0.15, 0.2) is 42.5 Å². The van der Waals surface area contributed by atoms with Crippen molar-refractivity contribution in [3.8, 4) is 5.75 Å². The van der Waals surface area contributed by atoms with Crippen molar-refractivity contribution in [2.75, 3.05) is 0 Å². The number of esters is 1. The van der Waals surface area contributed by atoms with Gasteiger partial charge in [-0.25, -0.2) is 0 Å². The van der Waals surface area contributed by atoms with E-state index in [0.29, 0.717) is 18.1 Å². The molecule has 0 saturated heterocycles. The van der Waals surface area contributed by atoms with Crippen LogP contribution in [0.2, 0.25) is 0 Å². The first-order valence-corrected chi connectivity index (χ1v) is 7.51. The van der Waals surface area contributed by atoms with Crippen molar-refractivity contribution in [3.05, 3.63) is 42.5 Å². The van der Waals surface area contributed by atoms with Gasteiger partial charge in [0.15, 0.2) is 0 Å². The molecule has 0 radical (unpaired) electrons. The minimum absolute atomic E-state index is 0.0906. The van der Waals surface area contributed by atoms with Gasteiger partial charge in [0.1, 0.15) is 5.75 Å². The maximum Gasteiger partial charge on any atom is 0.311 e. The first kappa shape index (κ1) is 13.2. The fourth-order valence-corrected chi connectivity index (χ4v) is 3.03. The second-order valence-corrected chi connectivity index (χ2v) is 5.69. The number of rotatable bonds is 3. The molecule has 0 N–H and O–H groups in total. The van der Waals surface area contributed by atoms with Crippen molar-refractivity contribution >= 4 is 16.7 Å². The molecule has 0 aromatic heterocycles. The maximum atomic E-state index is 12.0. The summed E-state index contributed by atoms with van der Waals surface area (Å²) in [6.07, 6.45) is 6.74. The molecule has 0 aliphatic heterocycles. The highest BCUT2D eigenvalue weighted by molar-refractivity contribution is 5.84. The summed E-state index contributed by atoms with van der Waals surface area (Å²) >= 11 is 0. The van der Waals surface area contributed by atoms with E-state index in [1.807, 2.05) is 36.4 Å². The number of hydrogen-bond donors (Lipinski definition) is 0. The van der Waals surface area contributed by atoms with Crippen molar-refractivity contribution < 1.29 is 9.53 Å². The molecule has 2 nitrogen and oxygen atoms in total. The summed E-state index contributed by atoms with van der Waals surface area (Å²) < 4.78 is 5.49. The molecule has 0 unspecified atom stereocenters. The Morgan fingerprint density at radius 2 is 1.75 bits per heavy atom. The smallest absolute Gasteiger partial charge is 0.311 e. The van der Waals surface area contributed by atoms with Gasteiger partial charge in [0, 0.05) is 6.42 Å². The highest BCUT2D eigenvalue weighted by atomic mass is 16.5. The van der Waals surface area contributed by atoms with E-state index in [2.05, 4.69) is 6.07 Å². The summed E-state index contributed by atoms with van der Waals surface area (Å²) in [4.78, 5) is 12.0. The first-order chi connectivity index (χ1) is 9.81. The van der Waals surface area contributed by atoms with Crippen LogP contribution < -0.4 is 4.74 Å². The van der Waals surface area contributed by atoms with Crippen LogP contribution in [-0.2, 0) is 4.79 Å². The Morgan fingerprint density at radius 3 is 2.55 bits per heavy atom. The Bertz CT molecular complexity index is 597. The number of hydrogen-bond acceptors (Lipinski definition) is 2. The molecule has 0 atom stereocenters. The molecule has 1 aliphatic rings. The van der Waals surface area contributed by atoms with Crippen LogP contribution >= 0.6 is 0 Å². The van der Waals surface area contributed by atoms with Gasteiger partial charge in [-0.15, -0.1) is 0 Å². The highest BCUT2D eigenvalue weighted by Crippen LogP contribution is 2.27. The second kappa shape index (κ2) is 6.08. The SMILES string of the molecule is O=C(CC1CCCCC1)Oc1ccc2ccccc2c1. The molecule has 0 heterocycles. The summed E-state index contributed by atoms with van der Waals surface area (Å²) in [6.45, 7) is 0. The summed E-state index contributed by atoms with van der Waals surface area (Å²) in [6, 6.07) is 13.9. The lowest BCUT2D eigenvalue weighted by Gasteiger charge is -2.20. The molecule has 2 heteroatoms. The van der Waals surface area contributed by atoms with Gasteiger partial charge in [-0.3, -0.25) is 4.79 Å². The Labute approximate surface area is 119 Å². The van der Waals surface area contributed by atoms with E-state index in [4.69, 9.17) is 4.74 Å². The minimum atomic E-state index is -0.0906. The zero-order chi connectivity index (χ0) is 13.8. The Kier molecular flexibility index (Phi) is 4.00. The van der Waals surface area contributed by atoms with Gasteiger partial charge in [0.2, 0.25) is 0 Å². The monoisotopic (exact) mass is 268 g/mol. The third-order valence-corrected chi connectivity index (χ3v) is 4.13. The lowest BCUT2D eigenvalue weighted by molar-refractivity contribution is -0.135. The maximum absolute atomic E-state index is 12.0. The fraction of sp³-hybridized carbons (Fsp3) is 0.389. The minimum Gasteiger partial charge on any atom is -0.426 e. The molecule has 3 rings (SSSR count). The summed E-state index contributed by atoms with van der Waals surface area (Å²) in [5.41, 5.74) is 0. The topological polar surface area (TPSA) is 26.3 Å². The lowest BCUT2D eigenvalue weighted by Crippen LogP contribution is -2.16. The van der Waals surface area contributed by atoms with Gasteiger partial charge in [0.25, 0.3) is 0 Å². The molecule has 1 fully saturated rings. The van der Waals surface area contributed by atoms with Gasteiger partial charge in [-0.1, -0.05) is 49.6 Å². The van der Waals surface area contributed by atoms with E-state index in [0.717, 1.165) is 5.39 Å². The standard InChI is InChI=1S/C18H20O2/c19-18(12-14-6-2-1-3-7-14)20-17-11-10-15-8-4-5-9-16(15)13-17/h4-5,8-11,13-14H,1-3,6-7,12H2. The predicted molar refractivity (Wildman–Crippen MR) is 80.8 cm³/mol. The van der Waals surface area contributed by atoms with Gasteiger partial charge in [-0.05, 0) is 41.7 Å². The van der Waals surface area contributed by atoms with Crippen LogP contribution in [0.5, 0.6) is 5.75 Å². The lowest BCUT2D eigenvalue weighted by atomic mass is 9.87. The van der Waals surface area contributed by atoms with Crippen molar-refractivity contribution in [1.29, 1.82) is 0 Å². The highest BCUT2D eigenvalue weighted by Gasteiger charge is 2.18. The van der Waals surface area contributed by atoms with E-state index in [9.17, 15) is 4.79 Å². The molecule has 0 spiro atoms. The quantitative estimate of drug-likeness (QED) is 0.595. The number of benzene rings is 2. The Hall–Kier alpha value is -1.83. The van der Waals surface area contributed by atoms with Crippen molar-refractivity contribution in [2.24, 2.45) is 5.92 Å². The fourth-order valence-electron chi connectivity index (χ4n) is 3.03. The third-order valence-electron chi connectivity index (χ3n) is 4.13. The average molecular weight is 268 g/mol. The van der Waals surface area contributed by atoms with Crippen molar-refractivity contribution in [1.82, 2.24) is 0 Å². The van der Waals surface area contributed by atoms with Gasteiger partial charge < -0.3 is 4.74 Å². The average Bonchev–Trinajstić information content (AvgIpc) is 2.48. The van der Waals surface area contributed by atoms with E-state index in [-0.39, 0.29) is 5.97 Å². The molecule has 104 valence electrons. The largest absolute Gasteiger partial charge is 0.426 e. The van der Waals surface area contributed by atoms with Crippen LogP contribution in [0.25, 0.3) is 10.8 Å². The number of ether oxygens (including phenoxy) is 1. The van der Waals surface area contributed by atoms with E-state index >= 15 is 0 Å². The van der Waals surface area contributed by atoms with E-state index in [1.165, 1.54) is 37.5 Å². The zero-order valence-electron chi connectivity index (χ0n) is 11.7. The second-order valence-electron chi connectivity index (χ2n) is 5.69. The molecule has 1 aliphatic carbocycles. The van der Waals surface area contributed by atoms with E-state index < -0.39 is 0 Å². The molecule has 2 aromatic rings. The molecule has 1 saturated carbocycles. The number of fused-ring (bicyclic) bond motifs is 1. The van der Waals surface area contributed by atoms with Crippen molar-refractivity contribution in [3.63, 3.8) is 0 Å². The van der Waals surface area contributed by atoms with Gasteiger partial charge in [-0.2, -0.15) is 0 Å². The van der Waals surface area contributed by atoms with Crippen LogP contribution in [0.3, 0.4) is 0 Å². The number of carbonyl (C=O) groups is 1. The predicted octanol–water partition coefficient (Wildman–Crippen LogP) is 4.72. The summed E-state index contributed by atoms with van der Waals surface area (Å²) in [7, 11) is 0.